The minimum Gasteiger partial charge on any atom is -0.480 e. The number of carbonyl (C=O) groups is 6. The maximum absolute atomic E-state index is 11.9. The summed E-state index contributed by atoms with van der Waals surface area (Å²) in [6, 6.07) is -1.15. The fourth-order valence-corrected chi connectivity index (χ4v) is 3.72. The molecule has 0 fully saturated rings. The van der Waals surface area contributed by atoms with Gasteiger partial charge >= 0.3 is 5.97 Å². The summed E-state index contributed by atoms with van der Waals surface area (Å²) < 4.78 is 21.2. The zero-order valence-electron chi connectivity index (χ0n) is 27.7. The van der Waals surface area contributed by atoms with Crippen LogP contribution in [-0.4, -0.2) is 132 Å². The number of hydrogen-bond donors (Lipinski definition) is 7. The van der Waals surface area contributed by atoms with Crippen LogP contribution in [0.2, 0.25) is 0 Å². The first kappa shape index (κ1) is 43.6. The lowest BCUT2D eigenvalue weighted by Gasteiger charge is -2.14. The van der Waals surface area contributed by atoms with Crippen LogP contribution in [0.5, 0.6) is 0 Å². The molecule has 1 unspecified atom stereocenters. The number of unbranched alkanes of at least 4 members (excludes halogenated alkanes) is 2. The Bertz CT molecular complexity index is 894. The first-order valence-corrected chi connectivity index (χ1v) is 16.3. The molecule has 1 atom stereocenters. The van der Waals surface area contributed by atoms with Gasteiger partial charge in [0.15, 0.2) is 0 Å². The number of carboxylic acids is 1. The van der Waals surface area contributed by atoms with Crippen molar-refractivity contribution >= 4 is 35.5 Å². The highest BCUT2D eigenvalue weighted by Crippen LogP contribution is 2.00. The van der Waals surface area contributed by atoms with E-state index in [1.807, 2.05) is 0 Å². The Labute approximate surface area is 277 Å². The molecule has 0 aromatic rings. The van der Waals surface area contributed by atoms with Gasteiger partial charge in [0.25, 0.3) is 0 Å². The van der Waals surface area contributed by atoms with Crippen molar-refractivity contribution in [1.82, 2.24) is 26.6 Å². The van der Waals surface area contributed by atoms with Crippen molar-refractivity contribution in [3.05, 3.63) is 0 Å². The first-order valence-electron chi connectivity index (χ1n) is 16.3. The number of amides is 5. The number of hydrogen-bond acceptors (Lipinski definition) is 11. The average Bonchev–Trinajstić information content (AvgIpc) is 3.04. The molecule has 47 heavy (non-hydrogen) atoms. The number of carbonyl (C=O) groups excluding carboxylic acids is 5. The van der Waals surface area contributed by atoms with E-state index in [4.69, 9.17) is 24.7 Å². The molecular formula is C30H56N6O11. The molecule has 0 aliphatic carbocycles. The summed E-state index contributed by atoms with van der Waals surface area (Å²) in [6.45, 7) is 5.04. The van der Waals surface area contributed by atoms with E-state index >= 15 is 0 Å². The van der Waals surface area contributed by atoms with Gasteiger partial charge in [0, 0.05) is 45.4 Å². The monoisotopic (exact) mass is 676 g/mol. The van der Waals surface area contributed by atoms with Gasteiger partial charge in [-0.25, -0.2) is 4.79 Å². The van der Waals surface area contributed by atoms with Crippen LogP contribution < -0.4 is 32.3 Å². The number of rotatable bonds is 32. The molecule has 17 nitrogen and oxygen atoms in total. The highest BCUT2D eigenvalue weighted by Gasteiger charge is 2.20. The molecule has 0 aliphatic heterocycles. The summed E-state index contributed by atoms with van der Waals surface area (Å²) in [5.74, 6) is -2.60. The lowest BCUT2D eigenvalue weighted by molar-refractivity contribution is -0.142. The smallest absolute Gasteiger partial charge is 0.326 e. The van der Waals surface area contributed by atoms with E-state index in [0.29, 0.717) is 38.9 Å². The Morgan fingerprint density at radius 3 is 1.64 bits per heavy atom. The van der Waals surface area contributed by atoms with E-state index < -0.39 is 17.9 Å². The largest absolute Gasteiger partial charge is 0.480 e. The van der Waals surface area contributed by atoms with Crippen LogP contribution in [0, 0.1) is 0 Å². The van der Waals surface area contributed by atoms with Crippen molar-refractivity contribution in [3.8, 4) is 0 Å². The summed E-state index contributed by atoms with van der Waals surface area (Å²) in [6.07, 6.45) is 4.54. The molecule has 0 rings (SSSR count). The van der Waals surface area contributed by atoms with Crippen LogP contribution >= 0.6 is 0 Å². The highest BCUT2D eigenvalue weighted by molar-refractivity contribution is 5.84. The summed E-state index contributed by atoms with van der Waals surface area (Å²) in [5, 5.41) is 22.4. The van der Waals surface area contributed by atoms with Crippen LogP contribution in [0.3, 0.4) is 0 Å². The van der Waals surface area contributed by atoms with Crippen LogP contribution in [0.4, 0.5) is 0 Å². The second-order valence-electron chi connectivity index (χ2n) is 10.4. The summed E-state index contributed by atoms with van der Waals surface area (Å²) in [5.41, 5.74) is 5.33. The molecule has 0 bridgehead atoms. The van der Waals surface area contributed by atoms with Gasteiger partial charge in [-0.15, -0.1) is 0 Å². The molecule has 0 saturated heterocycles. The van der Waals surface area contributed by atoms with Gasteiger partial charge in [0.05, 0.1) is 39.6 Å². The average molecular weight is 677 g/mol. The topological polar surface area (TPSA) is 246 Å². The van der Waals surface area contributed by atoms with Crippen molar-refractivity contribution in [2.24, 2.45) is 5.73 Å². The fourth-order valence-electron chi connectivity index (χ4n) is 3.72. The van der Waals surface area contributed by atoms with Gasteiger partial charge in [0.1, 0.15) is 19.3 Å². The first-order chi connectivity index (χ1) is 22.7. The van der Waals surface area contributed by atoms with E-state index in [2.05, 4.69) is 33.5 Å². The van der Waals surface area contributed by atoms with Gasteiger partial charge in [-0.2, -0.15) is 0 Å². The molecule has 272 valence electrons. The number of aliphatic carboxylic acids is 1. The van der Waals surface area contributed by atoms with Crippen molar-refractivity contribution in [1.29, 1.82) is 0 Å². The van der Waals surface area contributed by atoms with Crippen molar-refractivity contribution in [2.75, 3.05) is 85.6 Å². The molecule has 0 heterocycles. The molecule has 8 N–H and O–H groups in total. The van der Waals surface area contributed by atoms with Crippen LogP contribution in [-0.2, 0) is 47.7 Å². The predicted molar refractivity (Wildman–Crippen MR) is 171 cm³/mol. The minimum atomic E-state index is -1.21. The molecule has 5 amide bonds. The maximum Gasteiger partial charge on any atom is 0.326 e. The lowest BCUT2D eigenvalue weighted by Crippen LogP contribution is -2.41. The van der Waals surface area contributed by atoms with Gasteiger partial charge in [-0.1, -0.05) is 19.8 Å². The second kappa shape index (κ2) is 31.2. The van der Waals surface area contributed by atoms with Crippen molar-refractivity contribution in [3.63, 3.8) is 0 Å². The molecule has 0 saturated carbocycles. The third kappa shape index (κ3) is 29.7. The van der Waals surface area contributed by atoms with Crippen LogP contribution in [0.1, 0.15) is 64.7 Å². The molecule has 17 heteroatoms. The van der Waals surface area contributed by atoms with Gasteiger partial charge in [-0.05, 0) is 32.2 Å². The Morgan fingerprint density at radius 1 is 0.574 bits per heavy atom. The number of nitrogens with one attached hydrogen (secondary N) is 5. The Kier molecular flexibility index (Phi) is 29.0. The summed E-state index contributed by atoms with van der Waals surface area (Å²) in [7, 11) is 0. The molecule has 0 spiro atoms. The molecule has 0 radical (unpaired) electrons. The molecule has 0 aliphatic rings. The summed E-state index contributed by atoms with van der Waals surface area (Å²) in [4.78, 5) is 70.1. The van der Waals surface area contributed by atoms with E-state index in [0.717, 1.165) is 19.3 Å². The zero-order valence-corrected chi connectivity index (χ0v) is 27.7. The highest BCUT2D eigenvalue weighted by atomic mass is 16.5. The number of ether oxygens (including phenoxy) is 4. The Hall–Kier alpha value is -3.38. The third-order valence-corrected chi connectivity index (χ3v) is 6.25. The summed E-state index contributed by atoms with van der Waals surface area (Å²) >= 11 is 0. The third-order valence-electron chi connectivity index (χ3n) is 6.25. The molecular weight excluding hydrogens is 620 g/mol. The Balaban J connectivity index is 3.57. The van der Waals surface area contributed by atoms with Crippen molar-refractivity contribution < 1.29 is 52.8 Å². The number of carboxylic acid groups (broad SMARTS) is 1. The standard InChI is InChI=1S/C30H56N6O11/c1-2-3-4-12-32-25(37)8-6-13-33-28(40)22-46-20-19-45-17-15-35-29(41)23-47-21-18-44-16-14-34-26(38)10-9-24(30(42)43)36-27(39)7-5-11-31/h24H,2-23,31H2,1H3,(H,32,37)(H,33,40)(H,34,38)(H,35,41)(H,36,39)(H,42,43). The lowest BCUT2D eigenvalue weighted by atomic mass is 10.1. The van der Waals surface area contributed by atoms with Gasteiger partial charge < -0.3 is 56.4 Å². The van der Waals surface area contributed by atoms with Crippen LogP contribution in [0.25, 0.3) is 0 Å². The van der Waals surface area contributed by atoms with Gasteiger partial charge in [-0.3, -0.25) is 24.0 Å². The van der Waals surface area contributed by atoms with E-state index in [1.165, 1.54) is 0 Å². The predicted octanol–water partition coefficient (Wildman–Crippen LogP) is -1.42. The van der Waals surface area contributed by atoms with Crippen LogP contribution in [0.15, 0.2) is 0 Å². The van der Waals surface area contributed by atoms with E-state index in [1.54, 1.807) is 0 Å². The minimum absolute atomic E-state index is 0.0106. The van der Waals surface area contributed by atoms with Gasteiger partial charge in [0.2, 0.25) is 29.5 Å². The quantitative estimate of drug-likeness (QED) is 0.0406. The maximum atomic E-state index is 11.9. The molecule has 0 aromatic carbocycles. The Morgan fingerprint density at radius 2 is 1.06 bits per heavy atom. The SMILES string of the molecule is CCCCCNC(=O)CCCNC(=O)COCCOCCNC(=O)COCCOCCNC(=O)CCC(NC(=O)CCCN)C(=O)O. The number of nitrogens with two attached hydrogens (primary N) is 1. The fraction of sp³-hybridized carbons (Fsp3) is 0.800. The second-order valence-corrected chi connectivity index (χ2v) is 10.4. The normalized spacial score (nSPS) is 11.4. The zero-order chi connectivity index (χ0) is 35.0. The van der Waals surface area contributed by atoms with E-state index in [-0.39, 0.29) is 109 Å². The van der Waals surface area contributed by atoms with Crippen molar-refractivity contribution in [2.45, 2.75) is 70.8 Å². The van der Waals surface area contributed by atoms with E-state index in [9.17, 15) is 33.9 Å². The molecule has 0 aromatic heterocycles.